The van der Waals surface area contributed by atoms with E-state index in [-0.39, 0.29) is 5.78 Å². The van der Waals surface area contributed by atoms with E-state index < -0.39 is 23.7 Å². The van der Waals surface area contributed by atoms with Crippen molar-refractivity contribution in [1.29, 1.82) is 0 Å². The number of rotatable bonds is 3. The fourth-order valence-electron chi connectivity index (χ4n) is 3.55. The second-order valence-corrected chi connectivity index (χ2v) is 7.36. The smallest absolute Gasteiger partial charge is 0.354 e. The quantitative estimate of drug-likeness (QED) is 0.576. The molecule has 0 atom stereocenters. The highest BCUT2D eigenvalue weighted by molar-refractivity contribution is 5.48. The first-order valence-electron chi connectivity index (χ1n) is 9.46. The van der Waals surface area contributed by atoms with E-state index in [1.807, 2.05) is 9.80 Å². The number of anilines is 1. The van der Waals surface area contributed by atoms with Crippen LogP contribution in [-0.4, -0.2) is 50.7 Å². The number of aryl methyl sites for hydroxylation is 1. The largest absolute Gasteiger partial charge is 0.453 e. The average Bonchev–Trinajstić information content (AvgIpc) is 3.12. The van der Waals surface area contributed by atoms with E-state index in [1.54, 1.807) is 19.1 Å². The maximum absolute atomic E-state index is 13.0. The number of alkyl halides is 6. The molecule has 1 fully saturated rings. The summed E-state index contributed by atoms with van der Waals surface area (Å²) in [5.74, 6) is -0.937. The normalized spacial score (nSPS) is 16.3. The van der Waals surface area contributed by atoms with Crippen molar-refractivity contribution >= 4 is 11.6 Å². The molecule has 1 aromatic carbocycles. The molecular weight excluding hydrogens is 426 g/mol. The Morgan fingerprint density at radius 2 is 1.61 bits per heavy atom. The van der Waals surface area contributed by atoms with Crippen LogP contribution in [0.25, 0.3) is 5.78 Å². The standard InChI is InChI=1S/C19H18F6N6/c1-12-9-15(31-17(26-12)27-16(28-31)19(23,24)25)30-7-5-29(6-8-30)11-13-3-2-4-14(10-13)18(20,21)22/h2-4,9-10H,5-8,11H2,1H3. The first kappa shape index (κ1) is 21.3. The summed E-state index contributed by atoms with van der Waals surface area (Å²) in [6.45, 7) is 4.01. The predicted octanol–water partition coefficient (Wildman–Crippen LogP) is 3.79. The monoisotopic (exact) mass is 444 g/mol. The molecule has 1 aliphatic heterocycles. The molecule has 3 aromatic rings. The number of nitrogens with zero attached hydrogens (tertiary/aromatic N) is 6. The molecule has 1 saturated heterocycles. The molecule has 0 spiro atoms. The summed E-state index contributed by atoms with van der Waals surface area (Å²) in [5, 5.41) is 3.58. The van der Waals surface area contributed by atoms with Crippen molar-refractivity contribution in [2.75, 3.05) is 31.1 Å². The van der Waals surface area contributed by atoms with E-state index in [2.05, 4.69) is 15.1 Å². The van der Waals surface area contributed by atoms with Crippen LogP contribution in [0.2, 0.25) is 0 Å². The summed E-state index contributed by atoms with van der Waals surface area (Å²) in [6, 6.07) is 6.84. The van der Waals surface area contributed by atoms with Crippen LogP contribution in [0.5, 0.6) is 0 Å². The summed E-state index contributed by atoms with van der Waals surface area (Å²) < 4.78 is 78.8. The third-order valence-electron chi connectivity index (χ3n) is 5.03. The Balaban J connectivity index is 1.49. The topological polar surface area (TPSA) is 49.6 Å². The molecule has 31 heavy (non-hydrogen) atoms. The first-order valence-corrected chi connectivity index (χ1v) is 9.46. The summed E-state index contributed by atoms with van der Waals surface area (Å²) in [7, 11) is 0. The van der Waals surface area contributed by atoms with E-state index in [9.17, 15) is 26.3 Å². The molecule has 0 saturated carbocycles. The van der Waals surface area contributed by atoms with Crippen molar-refractivity contribution in [3.05, 3.63) is 53.0 Å². The van der Waals surface area contributed by atoms with Crippen LogP contribution in [-0.2, 0) is 18.9 Å². The van der Waals surface area contributed by atoms with Gasteiger partial charge >= 0.3 is 12.4 Å². The first-order chi connectivity index (χ1) is 14.5. The Bertz CT molecular complexity index is 1080. The second kappa shape index (κ2) is 7.66. The molecule has 2 aromatic heterocycles. The van der Waals surface area contributed by atoms with Gasteiger partial charge in [-0.15, -0.1) is 5.10 Å². The predicted molar refractivity (Wildman–Crippen MR) is 99.5 cm³/mol. The van der Waals surface area contributed by atoms with Crippen molar-refractivity contribution in [2.45, 2.75) is 25.8 Å². The number of hydrogen-bond acceptors (Lipinski definition) is 5. The number of piperazine rings is 1. The van der Waals surface area contributed by atoms with Gasteiger partial charge in [-0.2, -0.15) is 35.8 Å². The van der Waals surface area contributed by atoms with Gasteiger partial charge in [0, 0.05) is 44.5 Å². The summed E-state index contributed by atoms with van der Waals surface area (Å²) in [4.78, 5) is 11.4. The molecule has 0 amide bonds. The van der Waals surface area contributed by atoms with Gasteiger partial charge in [0.15, 0.2) is 0 Å². The molecule has 0 N–H and O–H groups in total. The van der Waals surface area contributed by atoms with Gasteiger partial charge in [0.1, 0.15) is 5.82 Å². The minimum absolute atomic E-state index is 0.131. The van der Waals surface area contributed by atoms with E-state index in [4.69, 9.17) is 0 Å². The number of fused-ring (bicyclic) bond motifs is 1. The lowest BCUT2D eigenvalue weighted by molar-refractivity contribution is -0.144. The second-order valence-electron chi connectivity index (χ2n) is 7.36. The van der Waals surface area contributed by atoms with E-state index in [0.717, 1.165) is 16.6 Å². The van der Waals surface area contributed by atoms with Crippen LogP contribution in [0.4, 0.5) is 32.2 Å². The van der Waals surface area contributed by atoms with Crippen LogP contribution >= 0.6 is 0 Å². The fraction of sp³-hybridized carbons (Fsp3) is 0.421. The number of aromatic nitrogens is 4. The zero-order valence-corrected chi connectivity index (χ0v) is 16.4. The Morgan fingerprint density at radius 3 is 2.26 bits per heavy atom. The minimum atomic E-state index is -4.68. The van der Waals surface area contributed by atoms with Gasteiger partial charge in [-0.3, -0.25) is 4.90 Å². The molecule has 12 heteroatoms. The highest BCUT2D eigenvalue weighted by Gasteiger charge is 2.37. The van der Waals surface area contributed by atoms with Gasteiger partial charge in [0.05, 0.1) is 5.56 Å². The number of halogens is 6. The number of hydrogen-bond donors (Lipinski definition) is 0. The minimum Gasteiger partial charge on any atom is -0.354 e. The van der Waals surface area contributed by atoms with Crippen LogP contribution in [0.15, 0.2) is 30.3 Å². The third kappa shape index (κ3) is 4.58. The highest BCUT2D eigenvalue weighted by Crippen LogP contribution is 2.30. The SMILES string of the molecule is Cc1cc(N2CCN(Cc3cccc(C(F)(F)F)c3)CC2)n2nc(C(F)(F)F)nc2n1. The van der Waals surface area contributed by atoms with Crippen LogP contribution in [0, 0.1) is 6.92 Å². The molecule has 0 aliphatic carbocycles. The van der Waals surface area contributed by atoms with Gasteiger partial charge in [-0.1, -0.05) is 18.2 Å². The van der Waals surface area contributed by atoms with E-state index in [0.29, 0.717) is 49.8 Å². The zero-order chi connectivity index (χ0) is 22.4. The van der Waals surface area contributed by atoms with Crippen molar-refractivity contribution in [3.63, 3.8) is 0 Å². The molecule has 6 nitrogen and oxygen atoms in total. The van der Waals surface area contributed by atoms with Crippen LogP contribution in [0.3, 0.4) is 0 Å². The Morgan fingerprint density at radius 1 is 0.903 bits per heavy atom. The summed E-state index contributed by atoms with van der Waals surface area (Å²) in [6.07, 6.45) is -9.07. The van der Waals surface area contributed by atoms with Crippen molar-refractivity contribution in [1.82, 2.24) is 24.5 Å². The lowest BCUT2D eigenvalue weighted by atomic mass is 10.1. The molecule has 0 unspecified atom stereocenters. The molecule has 4 rings (SSSR count). The highest BCUT2D eigenvalue weighted by atomic mass is 19.4. The number of benzene rings is 1. The Kier molecular flexibility index (Phi) is 5.28. The molecule has 0 radical (unpaired) electrons. The average molecular weight is 444 g/mol. The molecular formula is C19H18F6N6. The lowest BCUT2D eigenvalue weighted by Crippen LogP contribution is -2.46. The fourth-order valence-corrected chi connectivity index (χ4v) is 3.55. The molecule has 3 heterocycles. The van der Waals surface area contributed by atoms with Crippen molar-refractivity contribution in [2.24, 2.45) is 0 Å². The van der Waals surface area contributed by atoms with Gasteiger partial charge in [0.2, 0.25) is 0 Å². The van der Waals surface area contributed by atoms with Crippen molar-refractivity contribution in [3.8, 4) is 0 Å². The Hall–Kier alpha value is -2.89. The van der Waals surface area contributed by atoms with E-state index >= 15 is 0 Å². The van der Waals surface area contributed by atoms with Crippen molar-refractivity contribution < 1.29 is 26.3 Å². The molecule has 0 bridgehead atoms. The van der Waals surface area contributed by atoms with Gasteiger partial charge in [-0.25, -0.2) is 4.98 Å². The lowest BCUT2D eigenvalue weighted by Gasteiger charge is -2.36. The van der Waals surface area contributed by atoms with Gasteiger partial charge < -0.3 is 4.90 Å². The van der Waals surface area contributed by atoms with Crippen LogP contribution in [0.1, 0.15) is 22.6 Å². The van der Waals surface area contributed by atoms with Gasteiger partial charge in [-0.05, 0) is 18.6 Å². The van der Waals surface area contributed by atoms with Crippen LogP contribution < -0.4 is 4.90 Å². The molecule has 166 valence electrons. The zero-order valence-electron chi connectivity index (χ0n) is 16.4. The van der Waals surface area contributed by atoms with Gasteiger partial charge in [0.25, 0.3) is 11.6 Å². The maximum atomic E-state index is 13.0. The Labute approximate surface area is 173 Å². The maximum Gasteiger partial charge on any atom is 0.453 e. The molecule has 1 aliphatic rings. The van der Waals surface area contributed by atoms with E-state index in [1.165, 1.54) is 6.07 Å². The summed E-state index contributed by atoms with van der Waals surface area (Å²) in [5.41, 5.74) is 0.372. The third-order valence-corrected chi connectivity index (χ3v) is 5.03. The summed E-state index contributed by atoms with van der Waals surface area (Å²) >= 11 is 0.